The number of furan rings is 2. The van der Waals surface area contributed by atoms with E-state index in [1.807, 2.05) is 0 Å². The molecule has 0 saturated carbocycles. The predicted molar refractivity (Wildman–Crippen MR) is 149 cm³/mol. The number of benzene rings is 6. The van der Waals surface area contributed by atoms with E-state index in [1.165, 1.54) is 0 Å². The van der Waals surface area contributed by atoms with Crippen LogP contribution in [-0.2, 0) is 0 Å². The highest BCUT2D eigenvalue weighted by molar-refractivity contribution is 6.28. The summed E-state index contributed by atoms with van der Waals surface area (Å²) in [7, 11) is 0. The Morgan fingerprint density at radius 3 is 1.78 bits per heavy atom. The van der Waals surface area contributed by atoms with Gasteiger partial charge in [0.2, 0.25) is 0 Å². The smallest absolute Gasteiger partial charge is 0.136 e. The highest BCUT2D eigenvalue weighted by Gasteiger charge is 2.21. The van der Waals surface area contributed by atoms with Crippen LogP contribution < -0.4 is 0 Å². The van der Waals surface area contributed by atoms with Crippen molar-refractivity contribution in [1.29, 1.82) is 0 Å². The lowest BCUT2D eigenvalue weighted by atomic mass is 9.85. The van der Waals surface area contributed by atoms with Gasteiger partial charge in [0, 0.05) is 16.2 Å². The fraction of sp³-hybridized carbons (Fsp3) is 0. The maximum absolute atomic E-state index is 9.33. The molecule has 0 atom stereocenters. The van der Waals surface area contributed by atoms with Gasteiger partial charge >= 0.3 is 0 Å². The van der Waals surface area contributed by atoms with Gasteiger partial charge in [-0.05, 0) is 68.0 Å². The zero-order chi connectivity index (χ0) is 41.0. The Balaban J connectivity index is 1.83. The first-order valence-electron chi connectivity index (χ1n) is 20.6. The molecule has 0 fully saturated rings. The summed E-state index contributed by atoms with van der Waals surface area (Å²) in [5.74, 6) is 0. The van der Waals surface area contributed by atoms with Crippen LogP contribution in [0.5, 0.6) is 0 Å². The Bertz CT molecular complexity index is 3090. The Morgan fingerprint density at radius 1 is 0.444 bits per heavy atom. The van der Waals surface area contributed by atoms with Crippen LogP contribution in [0, 0.1) is 0 Å². The van der Waals surface area contributed by atoms with Crippen LogP contribution in [0.4, 0.5) is 0 Å². The first kappa shape index (κ1) is 8.39. The van der Waals surface area contributed by atoms with Crippen molar-refractivity contribution in [2.45, 2.75) is 0 Å². The molecule has 0 saturated heterocycles. The molecule has 2 heteroatoms. The average Bonchev–Trinajstić information content (AvgIpc) is 3.70. The number of fused-ring (bicyclic) bond motifs is 7. The van der Waals surface area contributed by atoms with Gasteiger partial charge in [0.15, 0.2) is 0 Å². The van der Waals surface area contributed by atoms with E-state index in [-0.39, 0.29) is 16.2 Å². The summed E-state index contributed by atoms with van der Waals surface area (Å²) in [4.78, 5) is 0. The predicted octanol–water partition coefficient (Wildman–Crippen LogP) is 9.97. The molecule has 0 unspecified atom stereocenters. The normalized spacial score (nSPS) is 19.7. The SMILES string of the molecule is [2H]c1oc2c([2H])c([2H])c3oc4c([2H])c([2H])c([2H])c(-c5c6c([2H])c([2H])c([2H])c([2H])c6c(-c6c([2H])c([2H])c([2H])c([2H])c6[2H])c6c([2H])c([2H])c([2H])c([2H])c56)c4c3c2c1[2H]. The van der Waals surface area contributed by atoms with E-state index >= 15 is 0 Å². The number of hydrogen-bond acceptors (Lipinski definition) is 2. The molecule has 36 heavy (non-hydrogen) atoms. The van der Waals surface area contributed by atoms with Gasteiger partial charge in [-0.15, -0.1) is 0 Å². The van der Waals surface area contributed by atoms with Gasteiger partial charge in [-0.2, -0.15) is 0 Å². The first-order chi connectivity index (χ1) is 26.2. The van der Waals surface area contributed by atoms with Gasteiger partial charge in [-0.1, -0.05) is 90.6 Å². The quantitative estimate of drug-likeness (QED) is 0.230. The van der Waals surface area contributed by atoms with Crippen LogP contribution in [0.3, 0.4) is 0 Å². The first-order valence-corrected chi connectivity index (χ1v) is 10.6. The molecular formula is C34H20O2. The molecule has 168 valence electrons. The fourth-order valence-electron chi connectivity index (χ4n) is 4.60. The Labute approximate surface area is 235 Å². The molecule has 8 aromatic rings. The third-order valence-electron chi connectivity index (χ3n) is 5.99. The summed E-state index contributed by atoms with van der Waals surface area (Å²) >= 11 is 0. The lowest BCUT2D eigenvalue weighted by Crippen LogP contribution is -1.91. The van der Waals surface area contributed by atoms with Gasteiger partial charge < -0.3 is 8.83 Å². The summed E-state index contributed by atoms with van der Waals surface area (Å²) in [6.45, 7) is 0. The van der Waals surface area contributed by atoms with Gasteiger partial charge in [0.05, 0.1) is 32.3 Å². The zero-order valence-corrected chi connectivity index (χ0v) is 17.8. The molecule has 2 nitrogen and oxygen atoms in total. The monoisotopic (exact) mass is 480 g/mol. The van der Waals surface area contributed by atoms with Crippen LogP contribution in [-0.4, -0.2) is 0 Å². The van der Waals surface area contributed by atoms with Gasteiger partial charge in [0.1, 0.15) is 18.1 Å². The van der Waals surface area contributed by atoms with Crippen molar-refractivity contribution in [3.8, 4) is 22.3 Å². The van der Waals surface area contributed by atoms with E-state index in [0.29, 0.717) is 0 Å². The van der Waals surface area contributed by atoms with Crippen molar-refractivity contribution in [2.75, 3.05) is 0 Å². The lowest BCUT2D eigenvalue weighted by Gasteiger charge is -2.18. The summed E-state index contributed by atoms with van der Waals surface area (Å²) in [5.41, 5.74) is -3.68. The summed E-state index contributed by atoms with van der Waals surface area (Å²) < 4.78 is 187. The standard InChI is InChI=1S/C34H20O2/c1-2-9-21(10-3-1)31-22-11-4-6-13-24(22)32(25-14-7-5-12-23(25)31)27-15-8-16-29-34(27)33-26-19-20-35-28(26)17-18-30(33)36-29/h1-20H/i1D,2D,3D,4D,5D,6D,7D,8D,9D,10D,11D,12D,13D,14D,15D,16D,17D,18D,19D,20D. The second-order valence-corrected chi connectivity index (χ2v) is 7.79. The molecule has 2 aromatic heterocycles. The van der Waals surface area contributed by atoms with Crippen molar-refractivity contribution in [2.24, 2.45) is 0 Å². The molecule has 0 aliphatic heterocycles. The van der Waals surface area contributed by atoms with Gasteiger partial charge in [-0.3, -0.25) is 0 Å². The van der Waals surface area contributed by atoms with Crippen molar-refractivity contribution >= 4 is 54.5 Å². The summed E-state index contributed by atoms with van der Waals surface area (Å²) in [6, 6.07) is -15.5. The lowest BCUT2D eigenvalue weighted by molar-refractivity contribution is 0.615. The van der Waals surface area contributed by atoms with Gasteiger partial charge in [0.25, 0.3) is 0 Å². The van der Waals surface area contributed by atoms with Gasteiger partial charge in [-0.25, -0.2) is 0 Å². The Morgan fingerprint density at radius 2 is 1.06 bits per heavy atom. The van der Waals surface area contributed by atoms with Crippen molar-refractivity contribution < 1.29 is 36.2 Å². The zero-order valence-electron chi connectivity index (χ0n) is 37.8. The van der Waals surface area contributed by atoms with Crippen LogP contribution in [0.1, 0.15) is 27.4 Å². The van der Waals surface area contributed by atoms with Crippen LogP contribution >= 0.6 is 0 Å². The number of hydrogen-bond donors (Lipinski definition) is 0. The summed E-state index contributed by atoms with van der Waals surface area (Å²) in [6.07, 6.45) is -0.729. The highest BCUT2D eigenvalue weighted by Crippen LogP contribution is 2.47. The van der Waals surface area contributed by atoms with E-state index in [2.05, 4.69) is 0 Å². The molecule has 0 amide bonds. The third kappa shape index (κ3) is 2.61. The maximum Gasteiger partial charge on any atom is 0.136 e. The molecule has 0 aliphatic rings. The third-order valence-corrected chi connectivity index (χ3v) is 5.99. The topological polar surface area (TPSA) is 26.3 Å². The van der Waals surface area contributed by atoms with E-state index in [9.17, 15) is 6.85 Å². The second kappa shape index (κ2) is 7.34. The van der Waals surface area contributed by atoms with Crippen LogP contribution in [0.15, 0.2) is 130 Å². The van der Waals surface area contributed by atoms with Crippen LogP contribution in [0.2, 0.25) is 0 Å². The fourth-order valence-corrected chi connectivity index (χ4v) is 4.60. The molecule has 0 aliphatic carbocycles. The van der Waals surface area contributed by atoms with E-state index in [0.717, 1.165) is 0 Å². The van der Waals surface area contributed by atoms with E-state index in [4.69, 9.17) is 29.4 Å². The minimum absolute atomic E-state index is 0.266. The molecule has 0 spiro atoms. The second-order valence-electron chi connectivity index (χ2n) is 7.79. The molecule has 8 rings (SSSR count). The number of rotatable bonds is 2. The van der Waals surface area contributed by atoms with Crippen molar-refractivity contribution in [3.63, 3.8) is 0 Å². The Hall–Kier alpha value is -4.82. The van der Waals surface area contributed by atoms with Crippen molar-refractivity contribution in [1.82, 2.24) is 0 Å². The minimum atomic E-state index is -0.879. The molecule has 2 heterocycles. The van der Waals surface area contributed by atoms with E-state index < -0.39 is 182 Å². The molecular weight excluding hydrogens is 440 g/mol. The maximum atomic E-state index is 9.33. The molecule has 0 bridgehead atoms. The highest BCUT2D eigenvalue weighted by atomic mass is 16.3. The molecule has 0 N–H and O–H groups in total. The molecule has 6 aromatic carbocycles. The summed E-state index contributed by atoms with van der Waals surface area (Å²) in [5, 5.41) is -3.21. The Kier molecular flexibility index (Phi) is 1.71. The molecule has 0 radical (unpaired) electrons. The largest absolute Gasteiger partial charge is 0.464 e. The van der Waals surface area contributed by atoms with Crippen molar-refractivity contribution in [3.05, 3.63) is 121 Å². The van der Waals surface area contributed by atoms with E-state index in [1.54, 1.807) is 0 Å². The van der Waals surface area contributed by atoms with Crippen LogP contribution in [0.25, 0.3) is 76.7 Å². The minimum Gasteiger partial charge on any atom is -0.464 e. The average molecular weight is 481 g/mol.